The molecule has 2 aromatic rings. The molecule has 1 fully saturated rings. The summed E-state index contributed by atoms with van der Waals surface area (Å²) in [5.41, 5.74) is 9.71. The predicted octanol–water partition coefficient (Wildman–Crippen LogP) is 0.688. The number of allylic oxidation sites excluding steroid dienone is 6. The smallest absolute Gasteiger partial charge is 1.00 e. The molecule has 0 aromatic heterocycles. The molecule has 148 valence electrons. The maximum Gasteiger partial charge on any atom is 4.00 e. The summed E-state index contributed by atoms with van der Waals surface area (Å²) in [6.07, 6.45) is 15.3. The van der Waals surface area contributed by atoms with Crippen molar-refractivity contribution in [1.82, 2.24) is 0 Å². The Bertz CT molecular complexity index is 872. The Labute approximate surface area is 206 Å². The molecule has 4 aliphatic rings. The molecule has 29 heavy (non-hydrogen) atoms. The van der Waals surface area contributed by atoms with Crippen LogP contribution in [0.15, 0.2) is 83.5 Å². The maximum atomic E-state index is 2.57. The van der Waals surface area contributed by atoms with Crippen LogP contribution in [0.5, 0.6) is 0 Å². The third kappa shape index (κ3) is 4.58. The first-order valence-electron chi connectivity index (χ1n) is 10.2. The zero-order chi connectivity index (χ0) is 17.3. The van der Waals surface area contributed by atoms with Gasteiger partial charge in [0.1, 0.15) is 0 Å². The van der Waals surface area contributed by atoms with Gasteiger partial charge in [0.2, 0.25) is 0 Å². The normalized spacial score (nSPS) is 22.8. The largest absolute Gasteiger partial charge is 4.00 e. The van der Waals surface area contributed by atoms with Gasteiger partial charge in [0.05, 0.1) is 0 Å². The fourth-order valence-corrected chi connectivity index (χ4v) is 5.38. The summed E-state index contributed by atoms with van der Waals surface area (Å²) >= 11 is 0. The topological polar surface area (TPSA) is 0 Å². The standard InChI is InChI=1S/C21H21.C5H5.2ClH.Zr/c1-2-8-15-14(7-1)13-20-18-11-4-3-9-16(18)17-10-5-6-12-19(17)21(15)20;1-2-4-5-3-1;;;/h1-2,6-8,11-12,16-17H,3-5,9-10,13H2;1-5H;2*1H;/q2*-1;;;+4/p-2. The van der Waals surface area contributed by atoms with Gasteiger partial charge in [-0.15, -0.1) is 6.42 Å². The van der Waals surface area contributed by atoms with Crippen LogP contribution >= 0.6 is 0 Å². The third-order valence-corrected chi connectivity index (χ3v) is 6.46. The number of rotatable bonds is 0. The molecule has 3 heteroatoms. The van der Waals surface area contributed by atoms with Crippen LogP contribution in [-0.2, 0) is 32.6 Å². The molecule has 6 rings (SSSR count). The van der Waals surface area contributed by atoms with E-state index in [9.17, 15) is 0 Å². The second kappa shape index (κ2) is 10.9. The molecule has 0 spiro atoms. The molecule has 0 N–H and O–H groups in total. The van der Waals surface area contributed by atoms with Crippen LogP contribution in [0.3, 0.4) is 0 Å². The van der Waals surface area contributed by atoms with E-state index in [1.54, 1.807) is 27.9 Å². The summed E-state index contributed by atoms with van der Waals surface area (Å²) in [4.78, 5) is 0. The van der Waals surface area contributed by atoms with Crippen molar-refractivity contribution in [1.29, 1.82) is 0 Å². The third-order valence-electron chi connectivity index (χ3n) is 6.46. The second-order valence-electron chi connectivity index (χ2n) is 7.89. The molecule has 0 bridgehead atoms. The van der Waals surface area contributed by atoms with Crippen LogP contribution in [0.4, 0.5) is 0 Å². The van der Waals surface area contributed by atoms with Gasteiger partial charge in [0, 0.05) is 0 Å². The van der Waals surface area contributed by atoms with Crippen LogP contribution < -0.4 is 24.8 Å². The van der Waals surface area contributed by atoms with Crippen LogP contribution in [0.2, 0.25) is 0 Å². The minimum atomic E-state index is 0. The summed E-state index contributed by atoms with van der Waals surface area (Å²) in [7, 11) is 0. The number of halogens is 2. The van der Waals surface area contributed by atoms with E-state index >= 15 is 0 Å². The van der Waals surface area contributed by atoms with Gasteiger partial charge in [-0.25, -0.2) is 24.1 Å². The molecule has 0 nitrogen and oxygen atoms in total. The summed E-state index contributed by atoms with van der Waals surface area (Å²) in [5.74, 6) is 1.60. The van der Waals surface area contributed by atoms with Gasteiger partial charge in [-0.2, -0.15) is 23.8 Å². The van der Waals surface area contributed by atoms with E-state index in [1.807, 2.05) is 30.3 Å². The van der Waals surface area contributed by atoms with Crippen molar-refractivity contribution in [3.05, 3.63) is 101 Å². The molecule has 0 radical (unpaired) electrons. The first kappa shape index (κ1) is 24.4. The van der Waals surface area contributed by atoms with E-state index in [4.69, 9.17) is 0 Å². The first-order chi connectivity index (χ1) is 12.9. The fraction of sp³-hybridized carbons (Fsp3) is 0.308. The van der Waals surface area contributed by atoms with Crippen LogP contribution in [-0.4, -0.2) is 0 Å². The molecular weight excluding hydrogens is 474 g/mol. The summed E-state index contributed by atoms with van der Waals surface area (Å²) in [6, 6.07) is 19.1. The predicted molar refractivity (Wildman–Crippen MR) is 110 cm³/mol. The van der Waals surface area contributed by atoms with Crippen molar-refractivity contribution in [2.45, 2.75) is 38.5 Å². The van der Waals surface area contributed by atoms with E-state index < -0.39 is 0 Å². The van der Waals surface area contributed by atoms with E-state index in [1.165, 1.54) is 37.7 Å². The quantitative estimate of drug-likeness (QED) is 0.467. The van der Waals surface area contributed by atoms with Gasteiger partial charge < -0.3 is 24.8 Å². The van der Waals surface area contributed by atoms with E-state index in [-0.39, 0.29) is 51.0 Å². The Morgan fingerprint density at radius 1 is 0.897 bits per heavy atom. The summed E-state index contributed by atoms with van der Waals surface area (Å²) in [6.45, 7) is 0. The average Bonchev–Trinajstić information content (AvgIpc) is 3.40. The Morgan fingerprint density at radius 3 is 2.45 bits per heavy atom. The van der Waals surface area contributed by atoms with Crippen molar-refractivity contribution < 1.29 is 51.0 Å². The van der Waals surface area contributed by atoms with Crippen molar-refractivity contribution in [3.8, 4) is 0 Å². The van der Waals surface area contributed by atoms with Gasteiger partial charge in [-0.3, -0.25) is 0 Å². The molecule has 2 atom stereocenters. The van der Waals surface area contributed by atoms with Crippen LogP contribution in [0, 0.1) is 18.3 Å². The molecule has 0 aliphatic heterocycles. The van der Waals surface area contributed by atoms with Crippen LogP contribution in [0.25, 0.3) is 5.57 Å². The molecule has 1 saturated carbocycles. The number of benzene rings is 1. The zero-order valence-electron chi connectivity index (χ0n) is 16.6. The molecule has 2 unspecified atom stereocenters. The molecule has 2 aromatic carbocycles. The van der Waals surface area contributed by atoms with Gasteiger partial charge in [0.25, 0.3) is 0 Å². The molecule has 4 aliphatic carbocycles. The molecule has 0 heterocycles. The number of fused-ring (bicyclic) bond motifs is 6. The van der Waals surface area contributed by atoms with Crippen molar-refractivity contribution in [2.24, 2.45) is 11.8 Å². The second-order valence-corrected chi connectivity index (χ2v) is 7.89. The first-order valence-corrected chi connectivity index (χ1v) is 10.2. The SMILES string of the molecule is C1=CC2=C3C(=C4[CH-]CCCC4C2CC1)Cc1ccccc13.[Cl-].[Cl-].[Zr+4].c1cc[cH-]c1. The van der Waals surface area contributed by atoms with Crippen molar-refractivity contribution >= 4 is 5.57 Å². The Kier molecular flexibility index (Phi) is 9.21. The van der Waals surface area contributed by atoms with Gasteiger partial charge in [-0.1, -0.05) is 66.0 Å². The minimum Gasteiger partial charge on any atom is -1.00 e. The Hall–Kier alpha value is -0.877. The molecule has 0 amide bonds. The molecule has 0 saturated heterocycles. The maximum absolute atomic E-state index is 2.57. The Morgan fingerprint density at radius 2 is 1.69 bits per heavy atom. The van der Waals surface area contributed by atoms with E-state index in [0.717, 1.165) is 18.3 Å². The number of hydrogen-bond donors (Lipinski definition) is 0. The fourth-order valence-electron chi connectivity index (χ4n) is 5.38. The summed E-state index contributed by atoms with van der Waals surface area (Å²) < 4.78 is 0. The van der Waals surface area contributed by atoms with Crippen LogP contribution in [0.1, 0.15) is 43.2 Å². The van der Waals surface area contributed by atoms with Gasteiger partial charge in [0.15, 0.2) is 0 Å². The average molecular weight is 501 g/mol. The van der Waals surface area contributed by atoms with Crippen molar-refractivity contribution in [3.63, 3.8) is 0 Å². The van der Waals surface area contributed by atoms with Crippen molar-refractivity contribution in [2.75, 3.05) is 0 Å². The monoisotopic (exact) mass is 498 g/mol. The zero-order valence-corrected chi connectivity index (χ0v) is 20.6. The number of hydrogen-bond acceptors (Lipinski definition) is 0. The molecular formula is C26H26Cl2Zr. The summed E-state index contributed by atoms with van der Waals surface area (Å²) in [5, 5.41) is 0. The van der Waals surface area contributed by atoms with Gasteiger partial charge in [-0.05, 0) is 36.7 Å². The van der Waals surface area contributed by atoms with E-state index in [2.05, 4.69) is 42.8 Å². The van der Waals surface area contributed by atoms with Gasteiger partial charge >= 0.3 is 26.2 Å². The minimum absolute atomic E-state index is 0. The Balaban J connectivity index is 0.000000333. The van der Waals surface area contributed by atoms with E-state index in [0.29, 0.717) is 0 Å².